The molecule has 1 saturated heterocycles. The second-order valence-corrected chi connectivity index (χ2v) is 7.89. The van der Waals surface area contributed by atoms with Gasteiger partial charge in [-0.3, -0.25) is 4.79 Å². The molecule has 0 atom stereocenters. The van der Waals surface area contributed by atoms with Crippen LogP contribution in [0, 0.1) is 0 Å². The number of hydrogen-bond donors (Lipinski definition) is 1. The van der Waals surface area contributed by atoms with Gasteiger partial charge in [0.1, 0.15) is 11.5 Å². The minimum Gasteiger partial charge on any atom is -0.367 e. The molecule has 2 aliphatic heterocycles. The van der Waals surface area contributed by atoms with Crippen molar-refractivity contribution in [1.82, 2.24) is 19.4 Å². The van der Waals surface area contributed by atoms with Gasteiger partial charge in [-0.15, -0.1) is 0 Å². The Bertz CT molecular complexity index is 865. The Hall–Kier alpha value is -2.57. The molecule has 7 heteroatoms. The van der Waals surface area contributed by atoms with Gasteiger partial charge in [-0.25, -0.2) is 4.98 Å². The molecule has 0 spiro atoms. The zero-order valence-corrected chi connectivity index (χ0v) is 15.8. The van der Waals surface area contributed by atoms with Crippen molar-refractivity contribution in [2.75, 3.05) is 29.9 Å². The predicted molar refractivity (Wildman–Crippen MR) is 104 cm³/mol. The van der Waals surface area contributed by atoms with Crippen LogP contribution in [0.3, 0.4) is 0 Å². The van der Waals surface area contributed by atoms with Gasteiger partial charge in [-0.05, 0) is 37.8 Å². The number of fused-ring (bicyclic) bond motifs is 1. The van der Waals surface area contributed by atoms with E-state index in [1.165, 1.54) is 25.7 Å². The van der Waals surface area contributed by atoms with Crippen LogP contribution in [0.15, 0.2) is 18.3 Å². The Morgan fingerprint density at radius 1 is 1.19 bits per heavy atom. The lowest BCUT2D eigenvalue weighted by molar-refractivity contribution is 0.0724. The van der Waals surface area contributed by atoms with Crippen LogP contribution in [-0.2, 0) is 20.0 Å². The zero-order valence-electron chi connectivity index (χ0n) is 15.8. The summed E-state index contributed by atoms with van der Waals surface area (Å²) in [6.45, 7) is 3.37. The number of amides is 1. The van der Waals surface area contributed by atoms with E-state index in [1.54, 1.807) is 0 Å². The molecule has 1 saturated carbocycles. The summed E-state index contributed by atoms with van der Waals surface area (Å²) in [4.78, 5) is 26.9. The number of nitrogens with zero attached hydrogens (tertiary/aromatic N) is 5. The molecular weight excluding hydrogens is 340 g/mol. The normalized spacial score (nSPS) is 19.3. The van der Waals surface area contributed by atoms with Crippen molar-refractivity contribution in [2.24, 2.45) is 7.05 Å². The molecule has 5 rings (SSSR count). The maximum absolute atomic E-state index is 12.9. The van der Waals surface area contributed by atoms with E-state index in [1.807, 2.05) is 34.8 Å². The van der Waals surface area contributed by atoms with E-state index in [2.05, 4.69) is 10.2 Å². The summed E-state index contributed by atoms with van der Waals surface area (Å²) in [6.07, 6.45) is 7.52. The number of rotatable bonds is 4. The van der Waals surface area contributed by atoms with E-state index < -0.39 is 0 Å². The van der Waals surface area contributed by atoms with Gasteiger partial charge in [0.05, 0.1) is 12.2 Å². The highest BCUT2D eigenvalue weighted by Crippen LogP contribution is 2.32. The number of aryl methyl sites for hydroxylation is 1. The van der Waals surface area contributed by atoms with Crippen molar-refractivity contribution < 1.29 is 4.79 Å². The van der Waals surface area contributed by atoms with Gasteiger partial charge in [-0.2, -0.15) is 4.98 Å². The second kappa shape index (κ2) is 6.55. The van der Waals surface area contributed by atoms with Gasteiger partial charge < -0.3 is 19.7 Å². The van der Waals surface area contributed by atoms with Crippen molar-refractivity contribution in [3.63, 3.8) is 0 Å². The average molecular weight is 366 g/mol. The molecule has 2 fully saturated rings. The van der Waals surface area contributed by atoms with Crippen molar-refractivity contribution in [2.45, 2.75) is 44.7 Å². The smallest absolute Gasteiger partial charge is 0.270 e. The number of carbonyl (C=O) groups is 1. The first kappa shape index (κ1) is 16.6. The third-order valence-electron chi connectivity index (χ3n) is 5.81. The summed E-state index contributed by atoms with van der Waals surface area (Å²) >= 11 is 0. The molecule has 1 N–H and O–H groups in total. The van der Waals surface area contributed by atoms with Gasteiger partial charge in [-0.1, -0.05) is 0 Å². The lowest BCUT2D eigenvalue weighted by Crippen LogP contribution is -2.38. The zero-order chi connectivity index (χ0) is 18.4. The number of aromatic nitrogens is 3. The largest absolute Gasteiger partial charge is 0.367 e. The van der Waals surface area contributed by atoms with E-state index >= 15 is 0 Å². The van der Waals surface area contributed by atoms with E-state index in [9.17, 15) is 4.79 Å². The molecule has 7 nitrogen and oxygen atoms in total. The maximum Gasteiger partial charge on any atom is 0.270 e. The molecule has 1 aliphatic carbocycles. The van der Waals surface area contributed by atoms with E-state index in [0.29, 0.717) is 19.1 Å². The van der Waals surface area contributed by atoms with Crippen molar-refractivity contribution in [3.05, 3.63) is 35.3 Å². The van der Waals surface area contributed by atoms with Crippen LogP contribution in [0.4, 0.5) is 11.8 Å². The van der Waals surface area contributed by atoms with Crippen LogP contribution < -0.4 is 10.2 Å². The average Bonchev–Trinajstić information content (AvgIpc) is 3.15. The summed E-state index contributed by atoms with van der Waals surface area (Å²) in [5.41, 5.74) is 2.93. The highest BCUT2D eigenvalue weighted by atomic mass is 16.2. The minimum absolute atomic E-state index is 0.0779. The SMILES string of the molecule is Cn1cccc1C(=O)N1CCc2nc(N3CCCC3)nc(NC3CC3)c2C1. The fourth-order valence-corrected chi connectivity index (χ4v) is 4.02. The predicted octanol–water partition coefficient (Wildman–Crippen LogP) is 2.19. The first-order chi connectivity index (χ1) is 13.2. The fourth-order valence-electron chi connectivity index (χ4n) is 4.02. The molecule has 27 heavy (non-hydrogen) atoms. The van der Waals surface area contributed by atoms with Gasteiger partial charge in [0.25, 0.3) is 5.91 Å². The monoisotopic (exact) mass is 366 g/mol. The van der Waals surface area contributed by atoms with Crippen LogP contribution in [0.1, 0.15) is 47.4 Å². The number of nitrogens with one attached hydrogen (secondary N) is 1. The summed E-state index contributed by atoms with van der Waals surface area (Å²) < 4.78 is 1.88. The van der Waals surface area contributed by atoms with E-state index in [-0.39, 0.29) is 5.91 Å². The molecule has 0 radical (unpaired) electrons. The maximum atomic E-state index is 12.9. The molecule has 0 aromatic carbocycles. The Kier molecular flexibility index (Phi) is 4.02. The number of hydrogen-bond acceptors (Lipinski definition) is 5. The van der Waals surface area contributed by atoms with Crippen LogP contribution in [-0.4, -0.2) is 51.0 Å². The summed E-state index contributed by atoms with van der Waals surface area (Å²) in [7, 11) is 1.91. The molecular formula is C20H26N6O. The molecule has 1 amide bonds. The van der Waals surface area contributed by atoms with Crippen molar-refractivity contribution in [3.8, 4) is 0 Å². The van der Waals surface area contributed by atoms with Crippen molar-refractivity contribution in [1.29, 1.82) is 0 Å². The van der Waals surface area contributed by atoms with Gasteiger partial charge in [0, 0.05) is 50.9 Å². The van der Waals surface area contributed by atoms with E-state index in [0.717, 1.165) is 48.2 Å². The van der Waals surface area contributed by atoms with Gasteiger partial charge in [0.2, 0.25) is 5.95 Å². The lowest BCUT2D eigenvalue weighted by Gasteiger charge is -2.30. The standard InChI is InChI=1S/C20H26N6O/c1-24-9-4-5-17(24)19(27)26-12-8-16-15(13-26)18(21-14-6-7-14)23-20(22-16)25-10-2-3-11-25/h4-5,9,14H,2-3,6-8,10-13H2,1H3,(H,21,22,23). The fraction of sp³-hybridized carbons (Fsp3) is 0.550. The van der Waals surface area contributed by atoms with Crippen LogP contribution in [0.25, 0.3) is 0 Å². The first-order valence-corrected chi connectivity index (χ1v) is 10.0. The first-order valence-electron chi connectivity index (χ1n) is 10.0. The van der Waals surface area contributed by atoms with E-state index in [4.69, 9.17) is 9.97 Å². The quantitative estimate of drug-likeness (QED) is 0.898. The highest BCUT2D eigenvalue weighted by Gasteiger charge is 2.30. The van der Waals surface area contributed by atoms with Crippen molar-refractivity contribution >= 4 is 17.7 Å². The lowest BCUT2D eigenvalue weighted by atomic mass is 10.1. The Labute approximate surface area is 159 Å². The topological polar surface area (TPSA) is 66.3 Å². The third-order valence-corrected chi connectivity index (χ3v) is 5.81. The summed E-state index contributed by atoms with van der Waals surface area (Å²) in [5.74, 6) is 1.87. The Balaban J connectivity index is 1.45. The Morgan fingerprint density at radius 3 is 2.70 bits per heavy atom. The Morgan fingerprint density at radius 2 is 2.00 bits per heavy atom. The second-order valence-electron chi connectivity index (χ2n) is 7.89. The molecule has 0 bridgehead atoms. The van der Waals surface area contributed by atoms with Gasteiger partial charge >= 0.3 is 0 Å². The molecule has 0 unspecified atom stereocenters. The van der Waals surface area contributed by atoms with Gasteiger partial charge in [0.15, 0.2) is 0 Å². The summed E-state index contributed by atoms with van der Waals surface area (Å²) in [5, 5.41) is 3.59. The molecule has 2 aromatic heterocycles. The van der Waals surface area contributed by atoms with Crippen LogP contribution >= 0.6 is 0 Å². The number of anilines is 2. The highest BCUT2D eigenvalue weighted by molar-refractivity contribution is 5.93. The summed E-state index contributed by atoms with van der Waals surface area (Å²) in [6, 6.07) is 4.32. The molecule has 2 aromatic rings. The molecule has 142 valence electrons. The van der Waals surface area contributed by atoms with Crippen LogP contribution in [0.2, 0.25) is 0 Å². The van der Waals surface area contributed by atoms with Crippen LogP contribution in [0.5, 0.6) is 0 Å². The third kappa shape index (κ3) is 3.15. The molecule has 3 aliphatic rings. The number of carbonyl (C=O) groups excluding carboxylic acids is 1. The minimum atomic E-state index is 0.0779. The molecule has 4 heterocycles.